The van der Waals surface area contributed by atoms with Crippen molar-refractivity contribution in [3.05, 3.63) is 58.9 Å². The van der Waals surface area contributed by atoms with E-state index in [1.807, 2.05) is 32.5 Å². The van der Waals surface area contributed by atoms with E-state index in [0.717, 1.165) is 22.8 Å². The van der Waals surface area contributed by atoms with Crippen LogP contribution >= 0.6 is 0 Å². The normalized spacial score (nSPS) is 11.0. The number of benzene rings is 1. The van der Waals surface area contributed by atoms with Gasteiger partial charge in [0.1, 0.15) is 11.5 Å². The number of hydrogen-bond donors (Lipinski definition) is 1. The molecule has 2 aromatic heterocycles. The summed E-state index contributed by atoms with van der Waals surface area (Å²) in [6.45, 7) is 6.63. The molecule has 0 radical (unpaired) electrons. The van der Waals surface area contributed by atoms with Gasteiger partial charge in [0.2, 0.25) is 0 Å². The molecular formula is C17H20FN5. The van der Waals surface area contributed by atoms with Crippen molar-refractivity contribution in [3.8, 4) is 5.69 Å². The Hall–Kier alpha value is -2.63. The van der Waals surface area contributed by atoms with Crippen LogP contribution in [0.5, 0.6) is 0 Å². The van der Waals surface area contributed by atoms with Crippen molar-refractivity contribution < 1.29 is 4.39 Å². The van der Waals surface area contributed by atoms with E-state index in [0.29, 0.717) is 12.2 Å². The Balaban J connectivity index is 1.84. The molecule has 0 fully saturated rings. The van der Waals surface area contributed by atoms with Crippen LogP contribution in [0, 0.1) is 26.6 Å². The molecular weight excluding hydrogens is 293 g/mol. The first-order valence-electron chi connectivity index (χ1n) is 7.51. The van der Waals surface area contributed by atoms with Gasteiger partial charge in [0.05, 0.1) is 23.3 Å². The van der Waals surface area contributed by atoms with E-state index < -0.39 is 0 Å². The lowest BCUT2D eigenvalue weighted by Crippen LogP contribution is -2.05. The van der Waals surface area contributed by atoms with Gasteiger partial charge in [-0.1, -0.05) is 12.1 Å². The van der Waals surface area contributed by atoms with Crippen molar-refractivity contribution in [2.24, 2.45) is 7.05 Å². The van der Waals surface area contributed by atoms with Crippen LogP contribution in [0.3, 0.4) is 0 Å². The van der Waals surface area contributed by atoms with Gasteiger partial charge < -0.3 is 5.32 Å². The molecule has 3 aromatic rings. The maximum absolute atomic E-state index is 13.9. The van der Waals surface area contributed by atoms with Gasteiger partial charge in [0, 0.05) is 24.8 Å². The molecule has 0 amide bonds. The Kier molecular flexibility index (Phi) is 3.90. The Labute approximate surface area is 134 Å². The van der Waals surface area contributed by atoms with Gasteiger partial charge in [-0.05, 0) is 32.9 Å². The zero-order valence-electron chi connectivity index (χ0n) is 13.8. The molecule has 1 aromatic carbocycles. The molecule has 1 N–H and O–H groups in total. The molecule has 0 unspecified atom stereocenters. The highest BCUT2D eigenvalue weighted by atomic mass is 19.1. The fourth-order valence-electron chi connectivity index (χ4n) is 2.71. The summed E-state index contributed by atoms with van der Waals surface area (Å²) in [7, 11) is 1.94. The second-order valence-corrected chi connectivity index (χ2v) is 5.63. The van der Waals surface area contributed by atoms with Crippen LogP contribution < -0.4 is 5.32 Å². The Morgan fingerprint density at radius 2 is 1.87 bits per heavy atom. The number of rotatable bonds is 4. The van der Waals surface area contributed by atoms with Gasteiger partial charge in [-0.25, -0.2) is 9.07 Å². The molecule has 23 heavy (non-hydrogen) atoms. The Morgan fingerprint density at radius 3 is 2.52 bits per heavy atom. The highest BCUT2D eigenvalue weighted by molar-refractivity contribution is 5.50. The Bertz CT molecular complexity index is 847. The summed E-state index contributed by atoms with van der Waals surface area (Å²) in [5.41, 5.74) is 5.52. The number of anilines is 1. The highest BCUT2D eigenvalue weighted by Gasteiger charge is 2.13. The number of nitrogens with one attached hydrogen (secondary N) is 1. The molecule has 0 saturated heterocycles. The number of hydrogen-bond acceptors (Lipinski definition) is 3. The van der Waals surface area contributed by atoms with E-state index in [1.54, 1.807) is 29.1 Å². The first-order valence-corrected chi connectivity index (χ1v) is 7.51. The standard InChI is InChI=1S/C17H20FN5/c1-11-14(12(2)22(4)21-11)9-19-16-10-20-23(13(16)3)17-8-6-5-7-15(17)18/h5-8,10,19H,9H2,1-4H3. The lowest BCUT2D eigenvalue weighted by Gasteiger charge is -2.08. The zero-order valence-corrected chi connectivity index (χ0v) is 13.8. The van der Waals surface area contributed by atoms with Crippen LogP contribution in [0.1, 0.15) is 22.6 Å². The number of aromatic nitrogens is 4. The lowest BCUT2D eigenvalue weighted by molar-refractivity contribution is 0.608. The summed E-state index contributed by atoms with van der Waals surface area (Å²) in [5, 5.41) is 12.1. The number of aryl methyl sites for hydroxylation is 2. The highest BCUT2D eigenvalue weighted by Crippen LogP contribution is 2.22. The molecule has 0 atom stereocenters. The largest absolute Gasteiger partial charge is 0.378 e. The summed E-state index contributed by atoms with van der Waals surface area (Å²) >= 11 is 0. The summed E-state index contributed by atoms with van der Waals surface area (Å²) < 4.78 is 17.4. The first-order chi connectivity index (χ1) is 11.0. The van der Waals surface area contributed by atoms with E-state index in [1.165, 1.54) is 11.6 Å². The van der Waals surface area contributed by atoms with E-state index in [9.17, 15) is 4.39 Å². The van der Waals surface area contributed by atoms with Gasteiger partial charge in [-0.3, -0.25) is 4.68 Å². The molecule has 0 bridgehead atoms. The number of nitrogens with zero attached hydrogens (tertiary/aromatic N) is 4. The van der Waals surface area contributed by atoms with E-state index >= 15 is 0 Å². The minimum absolute atomic E-state index is 0.288. The predicted octanol–water partition coefficient (Wildman–Crippen LogP) is 3.28. The second-order valence-electron chi connectivity index (χ2n) is 5.63. The van der Waals surface area contributed by atoms with Crippen LogP contribution in [-0.2, 0) is 13.6 Å². The van der Waals surface area contributed by atoms with Crippen molar-refractivity contribution in [3.63, 3.8) is 0 Å². The van der Waals surface area contributed by atoms with Crippen LogP contribution in [0.4, 0.5) is 10.1 Å². The summed E-state index contributed by atoms with van der Waals surface area (Å²) in [5.74, 6) is -0.288. The third kappa shape index (κ3) is 2.72. The van der Waals surface area contributed by atoms with Gasteiger partial charge in [-0.2, -0.15) is 10.2 Å². The topological polar surface area (TPSA) is 47.7 Å². The average molecular weight is 313 g/mol. The summed E-state index contributed by atoms with van der Waals surface area (Å²) in [6.07, 6.45) is 1.73. The maximum atomic E-state index is 13.9. The molecule has 120 valence electrons. The van der Waals surface area contributed by atoms with Gasteiger partial charge >= 0.3 is 0 Å². The van der Waals surface area contributed by atoms with Crippen molar-refractivity contribution in [2.45, 2.75) is 27.3 Å². The minimum Gasteiger partial charge on any atom is -0.378 e. The van der Waals surface area contributed by atoms with Gasteiger partial charge in [0.25, 0.3) is 0 Å². The molecule has 2 heterocycles. The Morgan fingerprint density at radius 1 is 1.13 bits per heavy atom. The fourth-order valence-corrected chi connectivity index (χ4v) is 2.71. The SMILES string of the molecule is Cc1nn(C)c(C)c1CNc1cnn(-c2ccccc2F)c1C. The van der Waals surface area contributed by atoms with Crippen molar-refractivity contribution >= 4 is 5.69 Å². The fraction of sp³-hybridized carbons (Fsp3) is 0.294. The molecule has 6 heteroatoms. The van der Waals surface area contributed by atoms with Crippen LogP contribution in [0.2, 0.25) is 0 Å². The van der Waals surface area contributed by atoms with Crippen molar-refractivity contribution in [1.29, 1.82) is 0 Å². The first kappa shape index (κ1) is 15.3. The van der Waals surface area contributed by atoms with Crippen LogP contribution in [0.15, 0.2) is 30.5 Å². The molecule has 3 rings (SSSR count). The van der Waals surface area contributed by atoms with Gasteiger partial charge in [-0.15, -0.1) is 0 Å². The zero-order chi connectivity index (χ0) is 16.6. The molecule has 0 spiro atoms. The lowest BCUT2D eigenvalue weighted by atomic mass is 10.2. The number of halogens is 1. The third-order valence-electron chi connectivity index (χ3n) is 4.20. The number of para-hydroxylation sites is 1. The maximum Gasteiger partial charge on any atom is 0.148 e. The van der Waals surface area contributed by atoms with Crippen molar-refractivity contribution in [1.82, 2.24) is 19.6 Å². The van der Waals surface area contributed by atoms with Crippen LogP contribution in [-0.4, -0.2) is 19.6 Å². The van der Waals surface area contributed by atoms with E-state index in [-0.39, 0.29) is 5.82 Å². The molecule has 0 saturated carbocycles. The van der Waals surface area contributed by atoms with E-state index in [4.69, 9.17) is 0 Å². The van der Waals surface area contributed by atoms with Crippen LogP contribution in [0.25, 0.3) is 5.69 Å². The molecule has 5 nitrogen and oxygen atoms in total. The predicted molar refractivity (Wildman–Crippen MR) is 88.3 cm³/mol. The summed E-state index contributed by atoms with van der Waals surface area (Å²) in [6, 6.07) is 6.63. The summed E-state index contributed by atoms with van der Waals surface area (Å²) in [4.78, 5) is 0. The minimum atomic E-state index is -0.288. The molecule has 0 aliphatic rings. The average Bonchev–Trinajstić information content (AvgIpc) is 2.99. The molecule has 0 aliphatic carbocycles. The molecule has 0 aliphatic heterocycles. The monoisotopic (exact) mass is 313 g/mol. The smallest absolute Gasteiger partial charge is 0.148 e. The second kappa shape index (κ2) is 5.87. The van der Waals surface area contributed by atoms with E-state index in [2.05, 4.69) is 15.5 Å². The quantitative estimate of drug-likeness (QED) is 0.804. The third-order valence-corrected chi connectivity index (χ3v) is 4.20. The van der Waals surface area contributed by atoms with Gasteiger partial charge in [0.15, 0.2) is 0 Å². The van der Waals surface area contributed by atoms with Crippen molar-refractivity contribution in [2.75, 3.05) is 5.32 Å².